The van der Waals surface area contributed by atoms with Crippen molar-refractivity contribution in [1.82, 2.24) is 19.0 Å². The van der Waals surface area contributed by atoms with Crippen molar-refractivity contribution in [1.29, 1.82) is 0 Å². The zero-order valence-corrected chi connectivity index (χ0v) is 24.9. The molecule has 41 heavy (non-hydrogen) atoms. The first-order chi connectivity index (χ1) is 19.9. The summed E-state index contributed by atoms with van der Waals surface area (Å²) in [5.41, 5.74) is 2.90. The van der Waals surface area contributed by atoms with E-state index >= 15 is 0 Å². The summed E-state index contributed by atoms with van der Waals surface area (Å²) in [5.74, 6) is 0.439. The average molecular weight is 590 g/mol. The first-order valence-corrected chi connectivity index (χ1v) is 16.7. The Balaban J connectivity index is 1.35. The minimum Gasteiger partial charge on any atom is -0.351 e. The van der Waals surface area contributed by atoms with Crippen LogP contribution in [-0.2, 0) is 14.8 Å². The van der Waals surface area contributed by atoms with Gasteiger partial charge in [0.1, 0.15) is 5.69 Å². The van der Waals surface area contributed by atoms with Crippen molar-refractivity contribution in [3.8, 4) is 16.9 Å². The molecule has 1 aromatic heterocycles. The van der Waals surface area contributed by atoms with E-state index in [0.717, 1.165) is 68.0 Å². The van der Waals surface area contributed by atoms with Crippen LogP contribution < -0.4 is 0 Å². The first-order valence-electron chi connectivity index (χ1n) is 14.4. The van der Waals surface area contributed by atoms with E-state index in [1.807, 2.05) is 48.7 Å². The molecule has 0 aliphatic carbocycles. The van der Waals surface area contributed by atoms with Crippen LogP contribution in [0.15, 0.2) is 75.6 Å². The lowest BCUT2D eigenvalue weighted by Gasteiger charge is -2.30. The highest BCUT2D eigenvalue weighted by Gasteiger charge is 2.29. The Kier molecular flexibility index (Phi) is 8.14. The number of piperidine rings is 1. The molecular formula is C31H35N5O3S2. The molecule has 3 aliphatic rings. The normalized spacial score (nSPS) is 20.4. The molecular weight excluding hydrogens is 555 g/mol. The van der Waals surface area contributed by atoms with Crippen LogP contribution in [0.3, 0.4) is 0 Å². The van der Waals surface area contributed by atoms with Crippen LogP contribution >= 0.6 is 11.8 Å². The molecule has 10 heteroatoms. The summed E-state index contributed by atoms with van der Waals surface area (Å²) in [6.07, 6.45) is 9.79. The maximum Gasteiger partial charge on any atom is 0.286 e. The lowest BCUT2D eigenvalue weighted by molar-refractivity contribution is -0.113. The van der Waals surface area contributed by atoms with Gasteiger partial charge in [0.25, 0.3) is 5.91 Å². The number of aliphatic imine (C=N–C) groups is 1. The molecule has 0 spiro atoms. The number of carbonyl (C=O) groups is 1. The van der Waals surface area contributed by atoms with Gasteiger partial charge in [0.2, 0.25) is 10.0 Å². The van der Waals surface area contributed by atoms with E-state index in [-0.39, 0.29) is 10.8 Å². The highest BCUT2D eigenvalue weighted by atomic mass is 32.2. The number of amides is 1. The number of benzene rings is 2. The van der Waals surface area contributed by atoms with Crippen LogP contribution in [0.4, 0.5) is 0 Å². The summed E-state index contributed by atoms with van der Waals surface area (Å²) in [4.78, 5) is 20.4. The maximum atomic E-state index is 13.6. The first kappa shape index (κ1) is 27.9. The zero-order valence-electron chi connectivity index (χ0n) is 23.3. The SMILES string of the molecule is CC1CCN(C2=NC(=O)C(=Cc3cn(-c4ccccc4)nc3-c3cccc(S(=O)(=O)N4CCCCCC4)c3)S2)CC1. The summed E-state index contributed by atoms with van der Waals surface area (Å²) in [7, 11) is -3.63. The van der Waals surface area contributed by atoms with Crippen molar-refractivity contribution >= 4 is 38.9 Å². The molecule has 2 aromatic carbocycles. The number of thioether (sulfide) groups is 1. The van der Waals surface area contributed by atoms with Crippen molar-refractivity contribution in [2.75, 3.05) is 26.2 Å². The lowest BCUT2D eigenvalue weighted by atomic mass is 10.00. The van der Waals surface area contributed by atoms with Gasteiger partial charge < -0.3 is 4.90 Å². The smallest absolute Gasteiger partial charge is 0.286 e. The second-order valence-corrected chi connectivity index (χ2v) is 14.0. The van der Waals surface area contributed by atoms with Crippen LogP contribution in [0.2, 0.25) is 0 Å². The number of amidine groups is 1. The zero-order chi connectivity index (χ0) is 28.4. The van der Waals surface area contributed by atoms with Gasteiger partial charge in [0.15, 0.2) is 5.17 Å². The summed E-state index contributed by atoms with van der Waals surface area (Å²) >= 11 is 1.41. The second-order valence-electron chi connectivity index (χ2n) is 11.0. The van der Waals surface area contributed by atoms with Crippen molar-refractivity contribution in [2.45, 2.75) is 50.3 Å². The third-order valence-electron chi connectivity index (χ3n) is 8.02. The molecule has 0 bridgehead atoms. The Morgan fingerprint density at radius 2 is 1.66 bits per heavy atom. The molecule has 3 aliphatic heterocycles. The molecule has 8 nitrogen and oxygen atoms in total. The molecule has 0 N–H and O–H groups in total. The fourth-order valence-electron chi connectivity index (χ4n) is 5.54. The fraction of sp³-hybridized carbons (Fsp3) is 0.387. The second kappa shape index (κ2) is 12.0. The Labute approximate surface area is 246 Å². The van der Waals surface area contributed by atoms with Crippen LogP contribution in [0.25, 0.3) is 23.0 Å². The van der Waals surface area contributed by atoms with E-state index in [1.165, 1.54) is 11.8 Å². The maximum absolute atomic E-state index is 13.6. The Morgan fingerprint density at radius 1 is 0.927 bits per heavy atom. The van der Waals surface area contributed by atoms with Crippen LogP contribution in [0, 0.1) is 5.92 Å². The summed E-state index contributed by atoms with van der Waals surface area (Å²) in [5, 5.41) is 5.64. The van der Waals surface area contributed by atoms with Gasteiger partial charge in [-0.3, -0.25) is 4.79 Å². The third-order valence-corrected chi connectivity index (χ3v) is 11.0. The van der Waals surface area contributed by atoms with Crippen molar-refractivity contribution in [2.24, 2.45) is 10.9 Å². The minimum atomic E-state index is -3.63. The number of aromatic nitrogens is 2. The standard InChI is InChI=1S/C31H35N5O3S2/c1-23-14-18-34(19-15-23)31-32-30(37)28(40-31)21-25-22-36(26-11-5-4-6-12-26)33-29(25)24-10-9-13-27(20-24)41(38,39)35-16-7-2-3-8-17-35/h4-6,9-13,20-23H,2-3,7-8,14-19H2,1H3. The predicted octanol–water partition coefficient (Wildman–Crippen LogP) is 5.81. The van der Waals surface area contributed by atoms with Crippen molar-refractivity contribution in [3.63, 3.8) is 0 Å². The summed E-state index contributed by atoms with van der Waals surface area (Å²) in [6, 6.07) is 16.8. The molecule has 214 valence electrons. The van der Waals surface area contributed by atoms with Gasteiger partial charge in [0.05, 0.1) is 15.5 Å². The number of hydrogen-bond acceptors (Lipinski definition) is 6. The van der Waals surface area contributed by atoms with E-state index in [1.54, 1.807) is 27.2 Å². The van der Waals surface area contributed by atoms with Crippen LogP contribution in [0.5, 0.6) is 0 Å². The molecule has 0 unspecified atom stereocenters. The van der Waals surface area contributed by atoms with E-state index in [2.05, 4.69) is 16.8 Å². The number of nitrogens with zero attached hydrogens (tertiary/aromatic N) is 5. The number of rotatable bonds is 5. The molecule has 0 radical (unpaired) electrons. The molecule has 2 saturated heterocycles. The van der Waals surface area contributed by atoms with E-state index in [0.29, 0.717) is 35.2 Å². The molecule has 3 aromatic rings. The fourth-order valence-corrected chi connectivity index (χ4v) is 8.06. The molecule has 0 saturated carbocycles. The van der Waals surface area contributed by atoms with Gasteiger partial charge in [-0.25, -0.2) is 13.1 Å². The van der Waals surface area contributed by atoms with Gasteiger partial charge in [-0.1, -0.05) is 50.1 Å². The van der Waals surface area contributed by atoms with Crippen molar-refractivity contribution in [3.05, 3.63) is 71.3 Å². The van der Waals surface area contributed by atoms with Gasteiger partial charge in [0, 0.05) is 43.5 Å². The van der Waals surface area contributed by atoms with Gasteiger partial charge >= 0.3 is 0 Å². The average Bonchev–Trinajstić information content (AvgIpc) is 3.45. The monoisotopic (exact) mass is 589 g/mol. The molecule has 1 amide bonds. The molecule has 2 fully saturated rings. The number of hydrogen-bond donors (Lipinski definition) is 0. The molecule has 6 rings (SSSR count). The van der Waals surface area contributed by atoms with Crippen molar-refractivity contribution < 1.29 is 13.2 Å². The largest absolute Gasteiger partial charge is 0.351 e. The van der Waals surface area contributed by atoms with Gasteiger partial charge in [-0.2, -0.15) is 14.4 Å². The highest BCUT2D eigenvalue weighted by molar-refractivity contribution is 8.18. The van der Waals surface area contributed by atoms with Gasteiger partial charge in [-0.05, 0) is 73.7 Å². The van der Waals surface area contributed by atoms with E-state index < -0.39 is 10.0 Å². The summed E-state index contributed by atoms with van der Waals surface area (Å²) < 4.78 is 30.6. The number of carbonyl (C=O) groups excluding carboxylic acids is 1. The lowest BCUT2D eigenvalue weighted by Crippen LogP contribution is -2.35. The van der Waals surface area contributed by atoms with E-state index in [9.17, 15) is 13.2 Å². The molecule has 0 atom stereocenters. The number of sulfonamides is 1. The highest BCUT2D eigenvalue weighted by Crippen LogP contribution is 2.35. The topological polar surface area (TPSA) is 87.9 Å². The minimum absolute atomic E-state index is 0.250. The number of para-hydroxylation sites is 1. The van der Waals surface area contributed by atoms with E-state index in [4.69, 9.17) is 5.10 Å². The Bertz CT molecular complexity index is 1580. The quantitative estimate of drug-likeness (QED) is 0.349. The predicted molar refractivity (Wildman–Crippen MR) is 164 cm³/mol. The number of likely N-dealkylation sites (tertiary alicyclic amines) is 1. The summed E-state index contributed by atoms with van der Waals surface area (Å²) in [6.45, 7) is 5.16. The Hall–Kier alpha value is -3.21. The third kappa shape index (κ3) is 6.05. The molecule has 4 heterocycles. The van der Waals surface area contributed by atoms with Crippen LogP contribution in [-0.4, -0.2) is 64.7 Å². The Morgan fingerprint density at radius 3 is 2.39 bits per heavy atom. The van der Waals surface area contributed by atoms with Gasteiger partial charge in [-0.15, -0.1) is 0 Å². The van der Waals surface area contributed by atoms with Crippen LogP contribution in [0.1, 0.15) is 51.0 Å².